The average Bonchev–Trinajstić information content (AvgIpc) is 2.71. The molecule has 0 saturated heterocycles. The molecule has 6 nitrogen and oxygen atoms in total. The number of urea groups is 1. The van der Waals surface area contributed by atoms with E-state index in [0.29, 0.717) is 13.1 Å². The lowest BCUT2D eigenvalue weighted by molar-refractivity contribution is 0.152. The number of hydrogen-bond acceptors (Lipinski definition) is 3. The molecule has 0 radical (unpaired) electrons. The molecule has 3 N–H and O–H groups in total. The fourth-order valence-corrected chi connectivity index (χ4v) is 1.35. The van der Waals surface area contributed by atoms with Crippen LogP contribution >= 0.6 is 0 Å². The van der Waals surface area contributed by atoms with Gasteiger partial charge >= 0.3 is 6.03 Å². The molecule has 0 atom stereocenters. The van der Waals surface area contributed by atoms with Crippen molar-refractivity contribution in [2.75, 3.05) is 20.2 Å². The number of aromatic amines is 1. The van der Waals surface area contributed by atoms with Crippen LogP contribution in [0.1, 0.15) is 25.4 Å². The number of carbonyl (C=O) groups is 1. The summed E-state index contributed by atoms with van der Waals surface area (Å²) in [6.45, 7) is 6.60. The molecule has 0 saturated carbocycles. The van der Waals surface area contributed by atoms with Crippen molar-refractivity contribution in [2.45, 2.75) is 27.3 Å². The van der Waals surface area contributed by atoms with Gasteiger partial charge in [-0.05, 0) is 6.92 Å². The summed E-state index contributed by atoms with van der Waals surface area (Å²) in [6.07, 6.45) is 1.73. The smallest absolute Gasteiger partial charge is 0.317 e. The molecule has 18 heavy (non-hydrogen) atoms. The van der Waals surface area contributed by atoms with Gasteiger partial charge in [0.25, 0.3) is 0 Å². The number of carbonyl (C=O) groups excluding carboxylic acids is 1. The van der Waals surface area contributed by atoms with Gasteiger partial charge in [0.15, 0.2) is 0 Å². The van der Waals surface area contributed by atoms with Crippen LogP contribution < -0.4 is 5.32 Å². The highest BCUT2D eigenvalue weighted by Gasteiger charge is 2.19. The lowest BCUT2D eigenvalue weighted by atomic mass is 9.95. The summed E-state index contributed by atoms with van der Waals surface area (Å²) in [5.41, 5.74) is 0.665. The van der Waals surface area contributed by atoms with E-state index in [1.807, 2.05) is 20.8 Å². The number of hydrogen-bond donors (Lipinski definition) is 3. The molecule has 0 spiro atoms. The third kappa shape index (κ3) is 4.37. The zero-order chi connectivity index (χ0) is 13.8. The number of aromatic nitrogens is 2. The second-order valence-corrected chi connectivity index (χ2v) is 5.35. The van der Waals surface area contributed by atoms with Crippen molar-refractivity contribution in [3.05, 3.63) is 17.7 Å². The lowest BCUT2D eigenvalue weighted by Gasteiger charge is -2.24. The van der Waals surface area contributed by atoms with Crippen molar-refractivity contribution in [3.8, 4) is 0 Å². The van der Waals surface area contributed by atoms with Crippen molar-refractivity contribution in [3.63, 3.8) is 0 Å². The van der Waals surface area contributed by atoms with Gasteiger partial charge in [0.05, 0.1) is 6.54 Å². The normalized spacial score (nSPS) is 11.4. The van der Waals surface area contributed by atoms with Crippen molar-refractivity contribution in [2.24, 2.45) is 5.41 Å². The van der Waals surface area contributed by atoms with E-state index in [1.54, 1.807) is 18.1 Å². The molecule has 2 amide bonds. The molecular formula is C12H22N4O2. The Bertz CT molecular complexity index is 401. The summed E-state index contributed by atoms with van der Waals surface area (Å²) in [4.78, 5) is 20.6. The molecule has 0 aliphatic rings. The van der Waals surface area contributed by atoms with Crippen LogP contribution in [-0.4, -0.2) is 46.2 Å². The highest BCUT2D eigenvalue weighted by molar-refractivity contribution is 5.73. The summed E-state index contributed by atoms with van der Waals surface area (Å²) in [7, 11) is 1.71. The van der Waals surface area contributed by atoms with Gasteiger partial charge in [0.1, 0.15) is 5.82 Å². The Labute approximate surface area is 107 Å². The molecule has 1 aromatic rings. The first-order valence-electron chi connectivity index (χ1n) is 5.94. The Morgan fingerprint density at radius 2 is 2.28 bits per heavy atom. The molecule has 102 valence electrons. The Morgan fingerprint density at radius 3 is 2.78 bits per heavy atom. The molecule has 0 fully saturated rings. The Hall–Kier alpha value is -1.56. The summed E-state index contributed by atoms with van der Waals surface area (Å²) >= 11 is 0. The van der Waals surface area contributed by atoms with Gasteiger partial charge in [-0.25, -0.2) is 9.78 Å². The third-order valence-electron chi connectivity index (χ3n) is 2.64. The van der Waals surface area contributed by atoms with Crippen molar-refractivity contribution in [1.82, 2.24) is 20.2 Å². The molecule has 1 aromatic heterocycles. The maximum atomic E-state index is 11.8. The fraction of sp³-hybridized carbons (Fsp3) is 0.667. The second-order valence-electron chi connectivity index (χ2n) is 5.35. The summed E-state index contributed by atoms with van der Waals surface area (Å²) in [5, 5.41) is 11.9. The molecule has 0 aromatic carbocycles. The largest absolute Gasteiger partial charge is 0.396 e. The van der Waals surface area contributed by atoms with E-state index in [4.69, 9.17) is 5.11 Å². The van der Waals surface area contributed by atoms with Crippen LogP contribution in [0.15, 0.2) is 6.20 Å². The number of aliphatic hydroxyl groups excluding tert-OH is 1. The van der Waals surface area contributed by atoms with Crippen molar-refractivity contribution < 1.29 is 9.90 Å². The quantitative estimate of drug-likeness (QED) is 0.729. The average molecular weight is 254 g/mol. The summed E-state index contributed by atoms with van der Waals surface area (Å²) in [6, 6.07) is -0.175. The topological polar surface area (TPSA) is 81.2 Å². The lowest BCUT2D eigenvalue weighted by Crippen LogP contribution is -2.42. The molecule has 0 unspecified atom stereocenters. The van der Waals surface area contributed by atoms with E-state index < -0.39 is 0 Å². The maximum Gasteiger partial charge on any atom is 0.317 e. The minimum absolute atomic E-state index is 0.0361. The number of aliphatic hydroxyl groups is 1. The van der Waals surface area contributed by atoms with Crippen LogP contribution in [0.3, 0.4) is 0 Å². The van der Waals surface area contributed by atoms with Crippen molar-refractivity contribution >= 4 is 6.03 Å². The molecule has 1 heterocycles. The van der Waals surface area contributed by atoms with E-state index in [9.17, 15) is 4.79 Å². The Balaban J connectivity index is 2.42. The second kappa shape index (κ2) is 5.86. The van der Waals surface area contributed by atoms with Crippen LogP contribution in [0.5, 0.6) is 0 Å². The van der Waals surface area contributed by atoms with E-state index >= 15 is 0 Å². The number of amides is 2. The first kappa shape index (κ1) is 14.5. The number of nitrogens with zero attached hydrogens (tertiary/aromatic N) is 2. The first-order chi connectivity index (χ1) is 8.34. The number of nitrogens with one attached hydrogen (secondary N) is 2. The predicted molar refractivity (Wildman–Crippen MR) is 69.1 cm³/mol. The minimum atomic E-state index is -0.308. The number of imidazole rings is 1. The van der Waals surface area contributed by atoms with Crippen LogP contribution in [0, 0.1) is 12.3 Å². The van der Waals surface area contributed by atoms with Crippen LogP contribution in [0.4, 0.5) is 4.79 Å². The standard InChI is InChI=1S/C12H22N4O2/c1-9-5-13-10(15-9)6-16(4)11(18)14-7-12(2,3)8-17/h5,17H,6-8H2,1-4H3,(H,13,15)(H,14,18). The van der Waals surface area contributed by atoms with Gasteiger partial charge in [-0.1, -0.05) is 13.8 Å². The predicted octanol–water partition coefficient (Wildman–Crippen LogP) is 0.878. The zero-order valence-corrected chi connectivity index (χ0v) is 11.4. The number of aryl methyl sites for hydroxylation is 1. The molecule has 1 rings (SSSR count). The Morgan fingerprint density at radius 1 is 1.61 bits per heavy atom. The third-order valence-corrected chi connectivity index (χ3v) is 2.64. The van der Waals surface area contributed by atoms with Crippen LogP contribution in [0.25, 0.3) is 0 Å². The first-order valence-corrected chi connectivity index (χ1v) is 5.94. The van der Waals surface area contributed by atoms with Gasteiger partial charge in [-0.2, -0.15) is 0 Å². The minimum Gasteiger partial charge on any atom is -0.396 e. The monoisotopic (exact) mass is 254 g/mol. The summed E-state index contributed by atoms with van der Waals surface area (Å²) < 4.78 is 0. The van der Waals surface area contributed by atoms with E-state index in [2.05, 4.69) is 15.3 Å². The van der Waals surface area contributed by atoms with Gasteiger partial charge < -0.3 is 20.3 Å². The van der Waals surface area contributed by atoms with Crippen LogP contribution in [-0.2, 0) is 6.54 Å². The molecule has 6 heteroatoms. The van der Waals surface area contributed by atoms with Crippen LogP contribution in [0.2, 0.25) is 0 Å². The summed E-state index contributed by atoms with van der Waals surface area (Å²) in [5.74, 6) is 0.756. The van der Waals surface area contributed by atoms with E-state index in [0.717, 1.165) is 11.5 Å². The van der Waals surface area contributed by atoms with Gasteiger partial charge in [-0.15, -0.1) is 0 Å². The fourth-order valence-electron chi connectivity index (χ4n) is 1.35. The highest BCUT2D eigenvalue weighted by atomic mass is 16.3. The van der Waals surface area contributed by atoms with Gasteiger partial charge in [0.2, 0.25) is 0 Å². The van der Waals surface area contributed by atoms with E-state index in [-0.39, 0.29) is 18.1 Å². The molecular weight excluding hydrogens is 232 g/mol. The van der Waals surface area contributed by atoms with E-state index in [1.165, 1.54) is 0 Å². The highest BCUT2D eigenvalue weighted by Crippen LogP contribution is 2.11. The maximum absolute atomic E-state index is 11.8. The zero-order valence-electron chi connectivity index (χ0n) is 11.4. The van der Waals surface area contributed by atoms with Gasteiger partial charge in [0, 0.05) is 37.5 Å². The molecule has 0 aliphatic heterocycles. The van der Waals surface area contributed by atoms with Gasteiger partial charge in [-0.3, -0.25) is 0 Å². The van der Waals surface area contributed by atoms with Crippen molar-refractivity contribution in [1.29, 1.82) is 0 Å². The molecule has 0 bridgehead atoms. The SMILES string of the molecule is Cc1cnc(CN(C)C(=O)NCC(C)(C)CO)[nH]1. The Kier molecular flexibility index (Phi) is 4.72. The number of H-pyrrole nitrogens is 1. The number of rotatable bonds is 5. The molecule has 0 aliphatic carbocycles.